The van der Waals surface area contributed by atoms with Crippen LogP contribution in [-0.4, -0.2) is 54.0 Å². The first-order chi connectivity index (χ1) is 19.4. The van der Waals surface area contributed by atoms with Crippen LogP contribution in [0.4, 0.5) is 5.82 Å². The number of carbonyl (C=O) groups excluding carboxylic acids is 1. The molecule has 4 rings (SSSR count). The lowest BCUT2D eigenvalue weighted by molar-refractivity contribution is 0.0950. The number of carbonyl (C=O) groups is 1. The first-order valence-corrected chi connectivity index (χ1v) is 14.6. The number of pyridine rings is 2. The molecule has 1 saturated heterocycles. The van der Waals surface area contributed by atoms with Crippen LogP contribution in [0.3, 0.4) is 0 Å². The van der Waals surface area contributed by atoms with E-state index in [9.17, 15) is 9.59 Å². The number of likely N-dealkylation sites (N-methyl/N-ethyl adjacent to an activating group) is 1. The normalized spacial score (nSPS) is 14.1. The van der Waals surface area contributed by atoms with Gasteiger partial charge in [-0.15, -0.1) is 0 Å². The summed E-state index contributed by atoms with van der Waals surface area (Å²) in [5.74, 6) is 1.61. The van der Waals surface area contributed by atoms with E-state index in [1.165, 1.54) is 0 Å². The summed E-state index contributed by atoms with van der Waals surface area (Å²) in [5.41, 5.74) is 7.53. The highest BCUT2D eigenvalue weighted by molar-refractivity contribution is 6.01. The zero-order valence-electron chi connectivity index (χ0n) is 26.3. The van der Waals surface area contributed by atoms with Crippen molar-refractivity contribution >= 4 is 17.3 Å². The molecule has 1 aliphatic rings. The zero-order chi connectivity index (χ0) is 30.3. The van der Waals surface area contributed by atoms with Crippen LogP contribution in [0.2, 0.25) is 0 Å². The molecular formula is C34H47N5O2. The van der Waals surface area contributed by atoms with Crippen molar-refractivity contribution in [3.8, 4) is 11.1 Å². The molecule has 3 aromatic rings. The third-order valence-corrected chi connectivity index (χ3v) is 7.24. The van der Waals surface area contributed by atoms with Gasteiger partial charge in [0.2, 0.25) is 0 Å². The predicted octanol–water partition coefficient (Wildman–Crippen LogP) is 6.13. The van der Waals surface area contributed by atoms with Gasteiger partial charge in [-0.2, -0.15) is 0 Å². The standard InChI is InChI=1S/C30H37N5O2.C4H10/c1-7-19(2)28-21(4)15-24(23-8-9-27(31-17-23)35-12-10-34(6)11-13-35)16-25(28)29(36)32-18-26-20(3)14-22(5)33-30(26)37;1-4(2)3/h7-9,14-17H,10-13,18H2,1-6H3,(H,32,36)(H,33,37);4H,1-3H3/b19-7-;. The van der Waals surface area contributed by atoms with Crippen LogP contribution in [0.5, 0.6) is 0 Å². The molecule has 2 aromatic heterocycles. The molecule has 0 radical (unpaired) electrons. The minimum atomic E-state index is -0.206. The average molecular weight is 558 g/mol. The average Bonchev–Trinajstić information content (AvgIpc) is 2.91. The molecule has 0 bridgehead atoms. The number of allylic oxidation sites excluding steroid dienone is 2. The number of piperazine rings is 1. The number of H-pyrrole nitrogens is 1. The molecule has 1 aromatic carbocycles. The Bertz CT molecular complexity index is 1430. The Morgan fingerprint density at radius 1 is 1.02 bits per heavy atom. The number of aryl methyl sites for hydroxylation is 3. The first-order valence-electron chi connectivity index (χ1n) is 14.6. The van der Waals surface area contributed by atoms with Crippen LogP contribution in [0.25, 0.3) is 16.7 Å². The van der Waals surface area contributed by atoms with Crippen LogP contribution in [0.15, 0.2) is 47.4 Å². The zero-order valence-corrected chi connectivity index (χ0v) is 26.3. The Morgan fingerprint density at radius 2 is 1.68 bits per heavy atom. The molecule has 0 spiro atoms. The summed E-state index contributed by atoms with van der Waals surface area (Å²) in [6.07, 6.45) is 3.90. The van der Waals surface area contributed by atoms with Crippen molar-refractivity contribution in [1.29, 1.82) is 0 Å². The summed E-state index contributed by atoms with van der Waals surface area (Å²) < 4.78 is 0. The molecule has 2 N–H and O–H groups in total. The Hall–Kier alpha value is -3.71. The molecule has 1 aliphatic heterocycles. The molecule has 1 amide bonds. The highest BCUT2D eigenvalue weighted by atomic mass is 16.1. The topological polar surface area (TPSA) is 81.3 Å². The van der Waals surface area contributed by atoms with Crippen LogP contribution < -0.4 is 15.8 Å². The van der Waals surface area contributed by atoms with Gasteiger partial charge >= 0.3 is 0 Å². The summed E-state index contributed by atoms with van der Waals surface area (Å²) in [7, 11) is 2.14. The van der Waals surface area contributed by atoms with Gasteiger partial charge in [0, 0.05) is 61.3 Å². The van der Waals surface area contributed by atoms with Gasteiger partial charge < -0.3 is 20.1 Å². The summed E-state index contributed by atoms with van der Waals surface area (Å²) >= 11 is 0. The molecule has 7 nitrogen and oxygen atoms in total. The van der Waals surface area contributed by atoms with Crippen LogP contribution in [0.1, 0.15) is 72.9 Å². The quantitative estimate of drug-likeness (QED) is 0.381. The fourth-order valence-electron chi connectivity index (χ4n) is 4.95. The number of aromatic amines is 1. The van der Waals surface area contributed by atoms with Gasteiger partial charge in [0.1, 0.15) is 5.82 Å². The number of rotatable bonds is 6. The second-order valence-corrected chi connectivity index (χ2v) is 11.7. The smallest absolute Gasteiger partial charge is 0.253 e. The SMILES string of the molecule is C/C=C(/C)c1c(C)cc(-c2ccc(N3CCN(C)CC3)nc2)cc1C(=O)NCc1c(C)cc(C)[nH]c1=O.CC(C)C. The van der Waals surface area contributed by atoms with Gasteiger partial charge in [0.15, 0.2) is 0 Å². The van der Waals surface area contributed by atoms with Crippen molar-refractivity contribution in [3.63, 3.8) is 0 Å². The van der Waals surface area contributed by atoms with Gasteiger partial charge in [0.05, 0.1) is 0 Å². The predicted molar refractivity (Wildman–Crippen MR) is 172 cm³/mol. The van der Waals surface area contributed by atoms with Gasteiger partial charge in [-0.1, -0.05) is 32.9 Å². The molecule has 7 heteroatoms. The van der Waals surface area contributed by atoms with E-state index in [4.69, 9.17) is 4.98 Å². The van der Waals surface area contributed by atoms with Crippen molar-refractivity contribution in [2.75, 3.05) is 38.1 Å². The van der Waals surface area contributed by atoms with E-state index in [-0.39, 0.29) is 18.0 Å². The second-order valence-electron chi connectivity index (χ2n) is 11.7. The summed E-state index contributed by atoms with van der Waals surface area (Å²) in [6.45, 7) is 20.4. The van der Waals surface area contributed by atoms with Crippen LogP contribution in [0, 0.1) is 26.7 Å². The summed E-state index contributed by atoms with van der Waals surface area (Å²) in [4.78, 5) is 38.1. The maximum atomic E-state index is 13.5. The molecule has 0 atom stereocenters. The lowest BCUT2D eigenvalue weighted by Gasteiger charge is -2.33. The number of nitrogens with one attached hydrogen (secondary N) is 2. The van der Waals surface area contributed by atoms with Crippen molar-refractivity contribution < 1.29 is 4.79 Å². The van der Waals surface area contributed by atoms with Gasteiger partial charge in [-0.3, -0.25) is 9.59 Å². The van der Waals surface area contributed by atoms with E-state index in [0.29, 0.717) is 11.1 Å². The number of aromatic nitrogens is 2. The van der Waals surface area contributed by atoms with Crippen LogP contribution >= 0.6 is 0 Å². The van der Waals surface area contributed by atoms with Crippen molar-refractivity contribution in [3.05, 3.63) is 86.5 Å². The van der Waals surface area contributed by atoms with E-state index >= 15 is 0 Å². The van der Waals surface area contributed by atoms with Crippen LogP contribution in [-0.2, 0) is 6.54 Å². The second kappa shape index (κ2) is 14.3. The van der Waals surface area contributed by atoms with Gasteiger partial charge in [-0.05, 0) is 99.7 Å². The van der Waals surface area contributed by atoms with Crippen molar-refractivity contribution in [2.24, 2.45) is 5.92 Å². The summed E-state index contributed by atoms with van der Waals surface area (Å²) in [5, 5.41) is 2.98. The molecule has 1 fully saturated rings. The van der Waals surface area contributed by atoms with E-state index in [0.717, 1.165) is 77.0 Å². The molecule has 0 saturated carbocycles. The number of nitrogens with zero attached hydrogens (tertiary/aromatic N) is 3. The third kappa shape index (κ3) is 8.40. The highest BCUT2D eigenvalue weighted by Gasteiger charge is 2.19. The van der Waals surface area contributed by atoms with Crippen molar-refractivity contribution in [1.82, 2.24) is 20.2 Å². The number of hydrogen-bond donors (Lipinski definition) is 2. The monoisotopic (exact) mass is 557 g/mol. The summed E-state index contributed by atoms with van der Waals surface area (Å²) in [6, 6.07) is 10.1. The molecule has 41 heavy (non-hydrogen) atoms. The Kier molecular flexibility index (Phi) is 11.1. The number of benzene rings is 1. The highest BCUT2D eigenvalue weighted by Crippen LogP contribution is 2.30. The fourth-order valence-corrected chi connectivity index (χ4v) is 4.95. The number of anilines is 1. The molecule has 0 unspecified atom stereocenters. The van der Waals surface area contributed by atoms with Gasteiger partial charge in [-0.25, -0.2) is 4.98 Å². The lowest BCUT2D eigenvalue weighted by Crippen LogP contribution is -2.44. The lowest BCUT2D eigenvalue weighted by atomic mass is 9.91. The largest absolute Gasteiger partial charge is 0.354 e. The van der Waals surface area contributed by atoms with E-state index in [2.05, 4.69) is 66.1 Å². The minimum absolute atomic E-state index is 0.166. The molecule has 0 aliphatic carbocycles. The van der Waals surface area contributed by atoms with Crippen molar-refractivity contribution in [2.45, 2.75) is 61.9 Å². The minimum Gasteiger partial charge on any atom is -0.354 e. The third-order valence-electron chi connectivity index (χ3n) is 7.24. The van der Waals surface area contributed by atoms with Gasteiger partial charge in [0.25, 0.3) is 11.5 Å². The Morgan fingerprint density at radius 3 is 2.24 bits per heavy atom. The van der Waals surface area contributed by atoms with E-state index in [1.807, 2.05) is 59.0 Å². The number of hydrogen-bond acceptors (Lipinski definition) is 5. The van der Waals surface area contributed by atoms with E-state index < -0.39 is 0 Å². The Balaban J connectivity index is 0.00000108. The maximum absolute atomic E-state index is 13.5. The molecule has 220 valence electrons. The number of amides is 1. The van der Waals surface area contributed by atoms with E-state index in [1.54, 1.807) is 0 Å². The Labute approximate surface area is 245 Å². The molecule has 3 heterocycles. The maximum Gasteiger partial charge on any atom is 0.253 e. The first kappa shape index (κ1) is 31.8. The fraction of sp³-hybridized carbons (Fsp3) is 0.441. The molecular weight excluding hydrogens is 510 g/mol.